The lowest BCUT2D eigenvalue weighted by molar-refractivity contribution is -0.118. The first-order chi connectivity index (χ1) is 12.2. The highest BCUT2D eigenvalue weighted by molar-refractivity contribution is 7.13. The third-order valence-corrected chi connectivity index (χ3v) is 4.57. The number of amides is 1. The molecule has 0 aliphatic rings. The van der Waals surface area contributed by atoms with Gasteiger partial charge < -0.3 is 9.15 Å². The first kappa shape index (κ1) is 18.1. The number of nitrogens with one attached hydrogen (secondary N) is 1. The van der Waals surface area contributed by atoms with E-state index in [0.717, 1.165) is 16.6 Å². The Hall–Kier alpha value is -2.67. The van der Waals surface area contributed by atoms with Crippen LogP contribution in [0.2, 0.25) is 0 Å². The maximum atomic E-state index is 12.1. The Bertz CT molecular complexity index is 1010. The SMILES string of the molecule is Cc1cc(=O)oc2ccc(OCC(=O)Nc3nc(C(C)(C)C)cs3)cc12. The number of aryl methyl sites for hydroxylation is 1. The highest BCUT2D eigenvalue weighted by Crippen LogP contribution is 2.26. The zero-order valence-electron chi connectivity index (χ0n) is 15.1. The second kappa shape index (κ2) is 6.92. The van der Waals surface area contributed by atoms with Gasteiger partial charge in [-0.05, 0) is 30.7 Å². The molecule has 0 fully saturated rings. The zero-order chi connectivity index (χ0) is 18.9. The largest absolute Gasteiger partial charge is 0.484 e. The van der Waals surface area contributed by atoms with Gasteiger partial charge in [0.25, 0.3) is 5.91 Å². The monoisotopic (exact) mass is 372 g/mol. The summed E-state index contributed by atoms with van der Waals surface area (Å²) in [7, 11) is 0. The minimum Gasteiger partial charge on any atom is -0.484 e. The molecule has 3 aromatic rings. The summed E-state index contributed by atoms with van der Waals surface area (Å²) in [4.78, 5) is 27.9. The smallest absolute Gasteiger partial charge is 0.336 e. The number of carbonyl (C=O) groups excluding carboxylic acids is 1. The van der Waals surface area contributed by atoms with Crippen molar-refractivity contribution in [2.24, 2.45) is 0 Å². The fourth-order valence-electron chi connectivity index (χ4n) is 2.37. The molecule has 0 atom stereocenters. The molecule has 0 bridgehead atoms. The van der Waals surface area contributed by atoms with Gasteiger partial charge in [0.1, 0.15) is 11.3 Å². The van der Waals surface area contributed by atoms with Crippen LogP contribution < -0.4 is 15.7 Å². The third-order valence-electron chi connectivity index (χ3n) is 3.81. The van der Waals surface area contributed by atoms with Crippen molar-refractivity contribution in [3.63, 3.8) is 0 Å². The molecular formula is C19H20N2O4S. The van der Waals surface area contributed by atoms with Gasteiger partial charge in [0.05, 0.1) is 5.69 Å². The maximum Gasteiger partial charge on any atom is 0.336 e. The van der Waals surface area contributed by atoms with Crippen LogP contribution in [0.3, 0.4) is 0 Å². The highest BCUT2D eigenvalue weighted by atomic mass is 32.1. The molecule has 0 radical (unpaired) electrons. The Labute approximate surface area is 154 Å². The van der Waals surface area contributed by atoms with Crippen LogP contribution in [0.15, 0.2) is 38.9 Å². The molecule has 0 saturated carbocycles. The van der Waals surface area contributed by atoms with Crippen molar-refractivity contribution in [1.82, 2.24) is 4.98 Å². The normalized spacial score (nSPS) is 11.5. The molecule has 2 heterocycles. The van der Waals surface area contributed by atoms with E-state index in [1.807, 2.05) is 12.3 Å². The number of fused-ring (bicyclic) bond motifs is 1. The van der Waals surface area contributed by atoms with Gasteiger partial charge in [0, 0.05) is 22.2 Å². The Kier molecular flexibility index (Phi) is 4.82. The lowest BCUT2D eigenvalue weighted by atomic mass is 9.93. The molecule has 2 aromatic heterocycles. The van der Waals surface area contributed by atoms with Gasteiger partial charge in [-0.1, -0.05) is 20.8 Å². The molecular weight excluding hydrogens is 352 g/mol. The van der Waals surface area contributed by atoms with E-state index in [9.17, 15) is 9.59 Å². The highest BCUT2D eigenvalue weighted by Gasteiger charge is 2.18. The molecule has 0 saturated heterocycles. The van der Waals surface area contributed by atoms with E-state index in [2.05, 4.69) is 31.1 Å². The summed E-state index contributed by atoms with van der Waals surface area (Å²) in [6.07, 6.45) is 0. The van der Waals surface area contributed by atoms with Crippen molar-refractivity contribution >= 4 is 33.3 Å². The van der Waals surface area contributed by atoms with Crippen molar-refractivity contribution in [3.05, 3.63) is 51.3 Å². The van der Waals surface area contributed by atoms with E-state index in [4.69, 9.17) is 9.15 Å². The van der Waals surface area contributed by atoms with E-state index in [0.29, 0.717) is 16.5 Å². The molecule has 1 N–H and O–H groups in total. The molecule has 1 aromatic carbocycles. The molecule has 3 rings (SSSR count). The van der Waals surface area contributed by atoms with Crippen molar-refractivity contribution in [2.75, 3.05) is 11.9 Å². The maximum absolute atomic E-state index is 12.1. The fourth-order valence-corrected chi connectivity index (χ4v) is 3.32. The topological polar surface area (TPSA) is 81.4 Å². The van der Waals surface area contributed by atoms with Gasteiger partial charge in [-0.25, -0.2) is 9.78 Å². The Balaban J connectivity index is 1.65. The summed E-state index contributed by atoms with van der Waals surface area (Å²) in [6.45, 7) is 7.90. The predicted molar refractivity (Wildman–Crippen MR) is 102 cm³/mol. The minimum atomic E-state index is -0.388. The molecule has 1 amide bonds. The van der Waals surface area contributed by atoms with Crippen LogP contribution in [0, 0.1) is 6.92 Å². The number of thiazole rings is 1. The van der Waals surface area contributed by atoms with Gasteiger partial charge in [-0.15, -0.1) is 11.3 Å². The van der Waals surface area contributed by atoms with E-state index in [1.54, 1.807) is 18.2 Å². The second-order valence-corrected chi connectivity index (χ2v) is 7.89. The Morgan fingerprint density at radius 1 is 1.31 bits per heavy atom. The average Bonchev–Trinajstić information content (AvgIpc) is 3.02. The summed E-state index contributed by atoms with van der Waals surface area (Å²) in [5, 5.41) is 6.02. The number of carbonyl (C=O) groups is 1. The number of rotatable bonds is 4. The summed E-state index contributed by atoms with van der Waals surface area (Å²) in [6, 6.07) is 6.50. The molecule has 0 aliphatic carbocycles. The zero-order valence-corrected chi connectivity index (χ0v) is 15.9. The number of ether oxygens (including phenoxy) is 1. The van der Waals surface area contributed by atoms with Crippen molar-refractivity contribution in [3.8, 4) is 5.75 Å². The van der Waals surface area contributed by atoms with Crippen molar-refractivity contribution in [2.45, 2.75) is 33.1 Å². The molecule has 26 heavy (non-hydrogen) atoms. The Morgan fingerprint density at radius 2 is 2.08 bits per heavy atom. The number of hydrogen-bond donors (Lipinski definition) is 1. The van der Waals surface area contributed by atoms with E-state index in [-0.39, 0.29) is 23.6 Å². The number of aromatic nitrogens is 1. The number of benzene rings is 1. The van der Waals surface area contributed by atoms with Crippen LogP contribution >= 0.6 is 11.3 Å². The number of hydrogen-bond acceptors (Lipinski definition) is 6. The van der Waals surface area contributed by atoms with Crippen LogP contribution in [0.4, 0.5) is 5.13 Å². The van der Waals surface area contributed by atoms with Crippen LogP contribution in [-0.4, -0.2) is 17.5 Å². The molecule has 136 valence electrons. The quantitative estimate of drug-likeness (QED) is 0.703. The predicted octanol–water partition coefficient (Wildman–Crippen LogP) is 3.87. The van der Waals surface area contributed by atoms with Gasteiger partial charge in [-0.2, -0.15) is 0 Å². The summed E-state index contributed by atoms with van der Waals surface area (Å²) >= 11 is 1.39. The summed E-state index contributed by atoms with van der Waals surface area (Å²) < 4.78 is 10.7. The third kappa shape index (κ3) is 4.11. The number of nitrogens with zero attached hydrogens (tertiary/aromatic N) is 1. The van der Waals surface area contributed by atoms with E-state index in [1.165, 1.54) is 17.4 Å². The van der Waals surface area contributed by atoms with Crippen LogP contribution in [0.25, 0.3) is 11.0 Å². The Morgan fingerprint density at radius 3 is 2.77 bits per heavy atom. The summed E-state index contributed by atoms with van der Waals surface area (Å²) in [5.41, 5.74) is 1.77. The second-order valence-electron chi connectivity index (χ2n) is 7.03. The van der Waals surface area contributed by atoms with Crippen LogP contribution in [0.1, 0.15) is 32.0 Å². The molecule has 0 spiro atoms. The van der Waals surface area contributed by atoms with E-state index >= 15 is 0 Å². The van der Waals surface area contributed by atoms with Crippen LogP contribution in [0.5, 0.6) is 5.75 Å². The standard InChI is InChI=1S/C19H20N2O4S/c1-11-7-17(23)25-14-6-5-12(8-13(11)14)24-9-16(22)21-18-20-15(10-26-18)19(2,3)4/h5-8,10H,9H2,1-4H3,(H,20,21,22). The first-order valence-electron chi connectivity index (χ1n) is 8.15. The van der Waals surface area contributed by atoms with Crippen LogP contribution in [-0.2, 0) is 10.2 Å². The minimum absolute atomic E-state index is 0.0616. The lowest BCUT2D eigenvalue weighted by Gasteiger charge is -2.14. The molecule has 0 aliphatic heterocycles. The molecule has 0 unspecified atom stereocenters. The first-order valence-corrected chi connectivity index (χ1v) is 9.03. The summed E-state index contributed by atoms with van der Waals surface area (Å²) in [5.74, 6) is 0.246. The van der Waals surface area contributed by atoms with Gasteiger partial charge in [0.15, 0.2) is 11.7 Å². The number of anilines is 1. The molecule has 6 nitrogen and oxygen atoms in total. The van der Waals surface area contributed by atoms with Crippen molar-refractivity contribution < 1.29 is 13.9 Å². The van der Waals surface area contributed by atoms with Crippen molar-refractivity contribution in [1.29, 1.82) is 0 Å². The van der Waals surface area contributed by atoms with Gasteiger partial charge >= 0.3 is 5.63 Å². The lowest BCUT2D eigenvalue weighted by Crippen LogP contribution is -2.20. The van der Waals surface area contributed by atoms with Gasteiger partial charge in [0.2, 0.25) is 0 Å². The van der Waals surface area contributed by atoms with Gasteiger partial charge in [-0.3, -0.25) is 10.1 Å². The molecule has 7 heteroatoms. The fraction of sp³-hybridized carbons (Fsp3) is 0.316. The average molecular weight is 372 g/mol. The van der Waals surface area contributed by atoms with E-state index < -0.39 is 0 Å².